The Morgan fingerprint density at radius 3 is 2.78 bits per heavy atom. The molecule has 94 valence electrons. The number of carbonyl (C=O) groups is 1. The summed E-state index contributed by atoms with van der Waals surface area (Å²) in [5.74, 6) is -0.252. The molecule has 0 saturated carbocycles. The van der Waals surface area contributed by atoms with E-state index in [1.165, 1.54) is 0 Å². The van der Waals surface area contributed by atoms with Crippen molar-refractivity contribution in [3.63, 3.8) is 0 Å². The molecule has 2 rings (SSSR count). The van der Waals surface area contributed by atoms with Crippen molar-refractivity contribution in [2.75, 3.05) is 25.1 Å². The second kappa shape index (κ2) is 5.01. The Kier molecular flexibility index (Phi) is 3.43. The van der Waals surface area contributed by atoms with E-state index in [0.29, 0.717) is 23.3 Å². The first kappa shape index (κ1) is 12.3. The fraction of sp³-hybridized carbons (Fsp3) is 0.231. The van der Waals surface area contributed by atoms with Gasteiger partial charge in [-0.05, 0) is 24.3 Å². The normalized spacial score (nSPS) is 10.6. The Morgan fingerprint density at radius 2 is 2.11 bits per heavy atom. The van der Waals surface area contributed by atoms with Crippen LogP contribution in [-0.4, -0.2) is 41.4 Å². The van der Waals surface area contributed by atoms with Gasteiger partial charge in [-0.1, -0.05) is 6.07 Å². The summed E-state index contributed by atoms with van der Waals surface area (Å²) in [6, 6.07) is 8.51. The topological polar surface area (TPSA) is 73.7 Å². The number of carboxylic acids is 1. The number of hydrogen-bond acceptors (Lipinski definition) is 4. The first-order valence-corrected chi connectivity index (χ1v) is 5.58. The van der Waals surface area contributed by atoms with Gasteiger partial charge in [-0.25, -0.2) is 9.78 Å². The van der Waals surface area contributed by atoms with Crippen LogP contribution in [0.3, 0.4) is 0 Å². The van der Waals surface area contributed by atoms with Gasteiger partial charge in [0.25, 0.3) is 0 Å². The van der Waals surface area contributed by atoms with Crippen LogP contribution in [0.1, 0.15) is 10.4 Å². The number of likely N-dealkylation sites (N-methyl/N-ethyl adjacent to an activating group) is 1. The summed E-state index contributed by atoms with van der Waals surface area (Å²) in [6.45, 7) is 0.530. The van der Waals surface area contributed by atoms with E-state index in [0.717, 1.165) is 0 Å². The quantitative estimate of drug-likeness (QED) is 0.852. The van der Waals surface area contributed by atoms with Gasteiger partial charge in [-0.2, -0.15) is 0 Å². The number of fused-ring (bicyclic) bond motifs is 1. The average molecular weight is 246 g/mol. The number of aliphatic hydroxyl groups excluding tert-OH is 1. The van der Waals surface area contributed by atoms with Crippen LogP contribution in [-0.2, 0) is 0 Å². The van der Waals surface area contributed by atoms with Crippen molar-refractivity contribution in [3.8, 4) is 0 Å². The predicted octanol–water partition coefficient (Wildman–Crippen LogP) is 1.36. The molecular weight excluding hydrogens is 232 g/mol. The Morgan fingerprint density at radius 1 is 1.33 bits per heavy atom. The van der Waals surface area contributed by atoms with Crippen LogP contribution in [0.5, 0.6) is 0 Å². The number of hydrogen-bond donors (Lipinski definition) is 2. The molecule has 5 heteroatoms. The minimum absolute atomic E-state index is 0.0470. The van der Waals surface area contributed by atoms with Gasteiger partial charge in [-0.15, -0.1) is 0 Å². The van der Waals surface area contributed by atoms with Crippen molar-refractivity contribution in [2.45, 2.75) is 0 Å². The zero-order chi connectivity index (χ0) is 13.1. The van der Waals surface area contributed by atoms with E-state index in [1.807, 2.05) is 11.9 Å². The van der Waals surface area contributed by atoms with Gasteiger partial charge in [-0.3, -0.25) is 0 Å². The lowest BCUT2D eigenvalue weighted by Crippen LogP contribution is -2.22. The summed E-state index contributed by atoms with van der Waals surface area (Å²) >= 11 is 0. The van der Waals surface area contributed by atoms with Gasteiger partial charge in [0.05, 0.1) is 17.7 Å². The van der Waals surface area contributed by atoms with E-state index in [4.69, 9.17) is 10.2 Å². The predicted molar refractivity (Wildman–Crippen MR) is 69.1 cm³/mol. The van der Waals surface area contributed by atoms with Crippen LogP contribution < -0.4 is 4.90 Å². The van der Waals surface area contributed by atoms with E-state index in [1.54, 1.807) is 30.3 Å². The van der Waals surface area contributed by atoms with Gasteiger partial charge in [0.15, 0.2) is 0 Å². The van der Waals surface area contributed by atoms with Crippen LogP contribution in [0.25, 0.3) is 10.9 Å². The maximum Gasteiger partial charge on any atom is 0.336 e. The van der Waals surface area contributed by atoms with Gasteiger partial charge < -0.3 is 15.1 Å². The number of anilines is 1. The minimum Gasteiger partial charge on any atom is -0.478 e. The standard InChI is InChI=1S/C13H14N2O3/c1-15(7-8-16)12-6-5-9-10(13(17)18)3-2-4-11(9)14-12/h2-6,16H,7-8H2,1H3,(H,17,18). The van der Waals surface area contributed by atoms with Gasteiger partial charge in [0.2, 0.25) is 0 Å². The SMILES string of the molecule is CN(CCO)c1ccc2c(C(=O)O)cccc2n1. The number of aromatic nitrogens is 1. The highest BCUT2D eigenvalue weighted by Crippen LogP contribution is 2.20. The molecule has 0 fully saturated rings. The lowest BCUT2D eigenvalue weighted by Gasteiger charge is -2.17. The molecule has 0 aliphatic carbocycles. The van der Waals surface area contributed by atoms with Crippen molar-refractivity contribution < 1.29 is 15.0 Å². The number of pyridine rings is 1. The molecule has 0 radical (unpaired) electrons. The van der Waals surface area contributed by atoms with Crippen molar-refractivity contribution in [1.29, 1.82) is 0 Å². The Bertz CT molecular complexity index is 583. The van der Waals surface area contributed by atoms with Crippen LogP contribution in [0.2, 0.25) is 0 Å². The third kappa shape index (κ3) is 2.26. The van der Waals surface area contributed by atoms with Crippen LogP contribution >= 0.6 is 0 Å². The largest absolute Gasteiger partial charge is 0.478 e. The second-order valence-corrected chi connectivity index (χ2v) is 3.99. The lowest BCUT2D eigenvalue weighted by atomic mass is 10.1. The van der Waals surface area contributed by atoms with E-state index >= 15 is 0 Å². The number of benzene rings is 1. The van der Waals surface area contributed by atoms with Gasteiger partial charge in [0.1, 0.15) is 5.82 Å². The summed E-state index contributed by atoms with van der Waals surface area (Å²) in [5.41, 5.74) is 0.883. The molecule has 1 heterocycles. The van der Waals surface area contributed by atoms with Crippen LogP contribution in [0.15, 0.2) is 30.3 Å². The molecule has 0 amide bonds. The molecule has 0 aliphatic rings. The zero-order valence-corrected chi connectivity index (χ0v) is 10.00. The second-order valence-electron chi connectivity index (χ2n) is 3.99. The summed E-state index contributed by atoms with van der Waals surface area (Å²) in [7, 11) is 1.82. The average Bonchev–Trinajstić information content (AvgIpc) is 2.37. The molecule has 2 N–H and O–H groups in total. The molecule has 5 nitrogen and oxygen atoms in total. The molecule has 0 bridgehead atoms. The first-order valence-electron chi connectivity index (χ1n) is 5.58. The molecular formula is C13H14N2O3. The van der Waals surface area contributed by atoms with E-state index < -0.39 is 5.97 Å². The van der Waals surface area contributed by atoms with Crippen molar-refractivity contribution in [3.05, 3.63) is 35.9 Å². The monoisotopic (exact) mass is 246 g/mol. The molecule has 1 aromatic carbocycles. The molecule has 0 spiro atoms. The molecule has 0 atom stereocenters. The summed E-state index contributed by atoms with van der Waals surface area (Å²) in [4.78, 5) is 17.3. The fourth-order valence-electron chi connectivity index (χ4n) is 1.81. The third-order valence-corrected chi connectivity index (χ3v) is 2.77. The molecule has 0 saturated heterocycles. The third-order valence-electron chi connectivity index (χ3n) is 2.77. The Balaban J connectivity index is 2.50. The van der Waals surface area contributed by atoms with Crippen LogP contribution in [0.4, 0.5) is 5.82 Å². The molecule has 2 aromatic rings. The maximum atomic E-state index is 11.1. The molecule has 1 aromatic heterocycles. The first-order chi connectivity index (χ1) is 8.63. The molecule has 0 aliphatic heterocycles. The summed E-state index contributed by atoms with van der Waals surface area (Å²) in [6.07, 6.45) is 0. The maximum absolute atomic E-state index is 11.1. The van der Waals surface area contributed by atoms with Gasteiger partial charge >= 0.3 is 5.97 Å². The van der Waals surface area contributed by atoms with E-state index in [-0.39, 0.29) is 12.2 Å². The van der Waals surface area contributed by atoms with E-state index in [2.05, 4.69) is 4.98 Å². The number of aromatic carboxylic acids is 1. The molecule has 18 heavy (non-hydrogen) atoms. The Hall–Kier alpha value is -2.14. The fourth-order valence-corrected chi connectivity index (χ4v) is 1.81. The van der Waals surface area contributed by atoms with Crippen molar-refractivity contribution in [1.82, 2.24) is 4.98 Å². The van der Waals surface area contributed by atoms with Crippen molar-refractivity contribution in [2.24, 2.45) is 0 Å². The highest BCUT2D eigenvalue weighted by Gasteiger charge is 2.10. The Labute approximate surface area is 104 Å². The lowest BCUT2D eigenvalue weighted by molar-refractivity contribution is 0.0699. The number of aliphatic hydroxyl groups is 1. The van der Waals surface area contributed by atoms with Gasteiger partial charge in [0, 0.05) is 19.0 Å². The summed E-state index contributed by atoms with van der Waals surface area (Å²) in [5, 5.41) is 18.6. The summed E-state index contributed by atoms with van der Waals surface area (Å²) < 4.78 is 0. The van der Waals surface area contributed by atoms with Crippen LogP contribution in [0, 0.1) is 0 Å². The van der Waals surface area contributed by atoms with Crippen molar-refractivity contribution >= 4 is 22.7 Å². The number of carboxylic acid groups (broad SMARTS) is 1. The zero-order valence-electron chi connectivity index (χ0n) is 10.00. The van der Waals surface area contributed by atoms with E-state index in [9.17, 15) is 4.79 Å². The highest BCUT2D eigenvalue weighted by atomic mass is 16.4. The highest BCUT2D eigenvalue weighted by molar-refractivity contribution is 6.02. The smallest absolute Gasteiger partial charge is 0.336 e. The molecule has 0 unspecified atom stereocenters. The number of rotatable bonds is 4. The minimum atomic E-state index is -0.959. The number of nitrogens with zero attached hydrogens (tertiary/aromatic N) is 2.